The number of carbonyl (C=O) groups is 1. The Morgan fingerprint density at radius 1 is 1.22 bits per heavy atom. The number of benzene rings is 2. The highest BCUT2D eigenvalue weighted by Gasteiger charge is 2.12. The Labute approximate surface area is 144 Å². The van der Waals surface area contributed by atoms with Crippen LogP contribution in [0, 0.1) is 11.8 Å². The van der Waals surface area contributed by atoms with Crippen molar-refractivity contribution in [3.8, 4) is 23.3 Å². The summed E-state index contributed by atoms with van der Waals surface area (Å²) in [7, 11) is 0. The van der Waals surface area contributed by atoms with E-state index in [2.05, 4.69) is 11.8 Å². The van der Waals surface area contributed by atoms with Crippen LogP contribution >= 0.6 is 23.4 Å². The summed E-state index contributed by atoms with van der Waals surface area (Å²) in [4.78, 5) is 12.9. The zero-order chi connectivity index (χ0) is 16.7. The highest BCUT2D eigenvalue weighted by molar-refractivity contribution is 7.99. The topological polar surface area (TPSA) is 35.5 Å². The van der Waals surface area contributed by atoms with Crippen LogP contribution in [0.1, 0.15) is 13.8 Å². The molecule has 2 aromatic rings. The molecule has 5 heteroatoms. The molecule has 0 unspecified atom stereocenters. The number of hydrogen-bond donors (Lipinski definition) is 0. The number of halogens is 1. The average molecular weight is 347 g/mol. The van der Waals surface area contributed by atoms with Gasteiger partial charge in [-0.15, -0.1) is 5.92 Å². The molecule has 0 amide bonds. The van der Waals surface area contributed by atoms with Crippen molar-refractivity contribution in [3.63, 3.8) is 0 Å². The molecule has 0 fully saturated rings. The van der Waals surface area contributed by atoms with Crippen molar-refractivity contribution >= 4 is 29.3 Å². The second-order valence-electron chi connectivity index (χ2n) is 4.45. The third kappa shape index (κ3) is 5.24. The summed E-state index contributed by atoms with van der Waals surface area (Å²) in [6.07, 6.45) is 0. The highest BCUT2D eigenvalue weighted by Crippen LogP contribution is 2.40. The summed E-state index contributed by atoms with van der Waals surface area (Å²) in [5.41, 5.74) is 0. The first-order valence-electron chi connectivity index (χ1n) is 6.87. The fourth-order valence-corrected chi connectivity index (χ4v) is 2.90. The van der Waals surface area contributed by atoms with Crippen LogP contribution in [-0.4, -0.2) is 12.6 Å². The van der Waals surface area contributed by atoms with Crippen LogP contribution in [0.2, 0.25) is 5.02 Å². The summed E-state index contributed by atoms with van der Waals surface area (Å²) >= 11 is 7.65. The van der Waals surface area contributed by atoms with Gasteiger partial charge in [0.15, 0.2) is 0 Å². The maximum Gasteiger partial charge on any atom is 0.308 e. The molecule has 3 nitrogen and oxygen atoms in total. The highest BCUT2D eigenvalue weighted by atomic mass is 35.5. The van der Waals surface area contributed by atoms with Crippen LogP contribution in [0.15, 0.2) is 52.3 Å². The molecule has 118 valence electrons. The molecule has 0 heterocycles. The van der Waals surface area contributed by atoms with Crippen LogP contribution in [0.3, 0.4) is 0 Å². The fraction of sp³-hybridized carbons (Fsp3) is 0.167. The Balaban J connectivity index is 2.15. The van der Waals surface area contributed by atoms with Gasteiger partial charge in [0.05, 0.1) is 9.92 Å². The third-order valence-corrected chi connectivity index (χ3v) is 4.28. The van der Waals surface area contributed by atoms with E-state index in [1.807, 2.05) is 24.3 Å². The first-order valence-corrected chi connectivity index (χ1v) is 8.07. The molecule has 2 aromatic carbocycles. The SMILES string of the molecule is CC#CCOc1ccc(Sc2c(Cl)cccc2OC(C)=O)cc1. The Hall–Kier alpha value is -2.09. The van der Waals surface area contributed by atoms with Crippen LogP contribution in [0.5, 0.6) is 11.5 Å². The summed E-state index contributed by atoms with van der Waals surface area (Å²) in [6, 6.07) is 12.8. The van der Waals surface area contributed by atoms with Crippen LogP contribution < -0.4 is 9.47 Å². The van der Waals surface area contributed by atoms with Gasteiger partial charge in [-0.3, -0.25) is 4.79 Å². The van der Waals surface area contributed by atoms with Crippen molar-refractivity contribution in [2.45, 2.75) is 23.6 Å². The lowest BCUT2D eigenvalue weighted by Crippen LogP contribution is -2.02. The number of hydrogen-bond acceptors (Lipinski definition) is 4. The van der Waals surface area contributed by atoms with Gasteiger partial charge < -0.3 is 9.47 Å². The van der Waals surface area contributed by atoms with Crippen LogP contribution in [0.25, 0.3) is 0 Å². The molecule has 23 heavy (non-hydrogen) atoms. The monoisotopic (exact) mass is 346 g/mol. The van der Waals surface area contributed by atoms with Crippen molar-refractivity contribution in [2.75, 3.05) is 6.61 Å². The largest absolute Gasteiger partial charge is 0.481 e. The van der Waals surface area contributed by atoms with Gasteiger partial charge in [0.25, 0.3) is 0 Å². The van der Waals surface area contributed by atoms with E-state index in [4.69, 9.17) is 21.1 Å². The van der Waals surface area contributed by atoms with E-state index in [9.17, 15) is 4.79 Å². The molecule has 0 radical (unpaired) electrons. The fourth-order valence-electron chi connectivity index (χ4n) is 1.74. The molecule has 0 aliphatic rings. The third-order valence-electron chi connectivity index (χ3n) is 2.72. The number of ether oxygens (including phenoxy) is 2. The summed E-state index contributed by atoms with van der Waals surface area (Å²) < 4.78 is 10.7. The van der Waals surface area contributed by atoms with E-state index in [0.717, 1.165) is 10.6 Å². The standard InChI is InChI=1S/C18H15ClO3S/c1-3-4-12-21-14-8-10-15(11-9-14)23-18-16(19)6-5-7-17(18)22-13(2)20/h5-11H,12H2,1-2H3. The maximum absolute atomic E-state index is 11.2. The average Bonchev–Trinajstić information content (AvgIpc) is 2.52. The predicted molar refractivity (Wildman–Crippen MR) is 92.3 cm³/mol. The zero-order valence-electron chi connectivity index (χ0n) is 12.8. The van der Waals surface area contributed by atoms with E-state index < -0.39 is 0 Å². The molecule has 0 aliphatic heterocycles. The second kappa shape index (κ2) is 8.52. The Kier molecular flexibility index (Phi) is 6.40. The minimum absolute atomic E-state index is 0.365. The maximum atomic E-state index is 11.2. The molecule has 0 saturated heterocycles. The van der Waals surface area contributed by atoms with E-state index in [1.165, 1.54) is 18.7 Å². The Morgan fingerprint density at radius 3 is 2.61 bits per heavy atom. The first-order chi connectivity index (χ1) is 11.1. The van der Waals surface area contributed by atoms with Gasteiger partial charge in [-0.1, -0.05) is 35.3 Å². The van der Waals surface area contributed by atoms with Gasteiger partial charge in [-0.2, -0.15) is 0 Å². The molecule has 2 rings (SSSR count). The quantitative estimate of drug-likeness (QED) is 0.442. The van der Waals surface area contributed by atoms with Crippen LogP contribution in [-0.2, 0) is 4.79 Å². The normalized spacial score (nSPS) is 9.70. The van der Waals surface area contributed by atoms with Gasteiger partial charge in [0.2, 0.25) is 0 Å². The molecule has 0 atom stereocenters. The minimum atomic E-state index is -0.380. The Morgan fingerprint density at radius 2 is 1.96 bits per heavy atom. The lowest BCUT2D eigenvalue weighted by molar-refractivity contribution is -0.132. The molecular weight excluding hydrogens is 332 g/mol. The van der Waals surface area contributed by atoms with Crippen molar-refractivity contribution in [2.24, 2.45) is 0 Å². The van der Waals surface area contributed by atoms with Crippen LogP contribution in [0.4, 0.5) is 0 Å². The lowest BCUT2D eigenvalue weighted by Gasteiger charge is -2.10. The summed E-state index contributed by atoms with van der Waals surface area (Å²) in [5, 5.41) is 0.535. The van der Waals surface area contributed by atoms with Gasteiger partial charge in [0, 0.05) is 11.8 Å². The predicted octanol–water partition coefficient (Wildman–Crippen LogP) is 4.82. The van der Waals surface area contributed by atoms with Crippen molar-refractivity contribution in [1.82, 2.24) is 0 Å². The van der Waals surface area contributed by atoms with E-state index in [0.29, 0.717) is 22.3 Å². The molecule has 0 bridgehead atoms. The van der Waals surface area contributed by atoms with Gasteiger partial charge in [-0.05, 0) is 43.3 Å². The smallest absolute Gasteiger partial charge is 0.308 e. The first kappa shape index (κ1) is 17.3. The number of carbonyl (C=O) groups excluding carboxylic acids is 1. The second-order valence-corrected chi connectivity index (χ2v) is 5.94. The van der Waals surface area contributed by atoms with Gasteiger partial charge >= 0.3 is 5.97 Å². The molecule has 0 spiro atoms. The molecule has 0 aromatic heterocycles. The van der Waals surface area contributed by atoms with Gasteiger partial charge in [0.1, 0.15) is 18.1 Å². The summed E-state index contributed by atoms with van der Waals surface area (Å²) in [6.45, 7) is 3.50. The zero-order valence-corrected chi connectivity index (χ0v) is 14.3. The van der Waals surface area contributed by atoms with Gasteiger partial charge in [-0.25, -0.2) is 0 Å². The van der Waals surface area contributed by atoms with Crippen molar-refractivity contribution < 1.29 is 14.3 Å². The van der Waals surface area contributed by atoms with E-state index in [1.54, 1.807) is 25.1 Å². The van der Waals surface area contributed by atoms with E-state index in [-0.39, 0.29) is 5.97 Å². The van der Waals surface area contributed by atoms with Crippen molar-refractivity contribution in [3.05, 3.63) is 47.5 Å². The molecule has 0 saturated carbocycles. The number of rotatable bonds is 5. The number of esters is 1. The van der Waals surface area contributed by atoms with E-state index >= 15 is 0 Å². The lowest BCUT2D eigenvalue weighted by atomic mass is 10.3. The molecule has 0 N–H and O–H groups in total. The molecular formula is C18H15ClO3S. The summed E-state index contributed by atoms with van der Waals surface area (Å²) in [5.74, 6) is 6.44. The minimum Gasteiger partial charge on any atom is -0.481 e. The molecule has 0 aliphatic carbocycles. The Bertz CT molecular complexity index is 745. The van der Waals surface area contributed by atoms with Crippen molar-refractivity contribution in [1.29, 1.82) is 0 Å².